The Morgan fingerprint density at radius 2 is 0.949 bits per heavy atom. The standard InChI is InChI=1S/C49H32F6N4/c1-29-17-20-38(30(2)23-29)34-19-21-40-39-15-9-10-16-42(39)59(43(40)27-34)44-26-33(35-24-36(48(50,51)52)28-37(25-35)49(53,54)55)18-22-41(44)47-57-45(31-11-5-3-6-12-31)56-46(58-47)32-13-7-4-8-14-32/h3-28H,1-2H3. The molecule has 2 heterocycles. The molecule has 0 amide bonds. The molecule has 59 heavy (non-hydrogen) atoms. The van der Waals surface area contributed by atoms with Gasteiger partial charge in [0.05, 0.1) is 27.8 Å². The van der Waals surface area contributed by atoms with Gasteiger partial charge in [0.25, 0.3) is 0 Å². The van der Waals surface area contributed by atoms with Gasteiger partial charge in [-0.1, -0.05) is 121 Å². The highest BCUT2D eigenvalue weighted by molar-refractivity contribution is 6.11. The molecule has 7 aromatic carbocycles. The number of para-hydroxylation sites is 1. The molecule has 0 unspecified atom stereocenters. The third kappa shape index (κ3) is 7.11. The molecule has 0 radical (unpaired) electrons. The van der Waals surface area contributed by atoms with Crippen LogP contribution in [-0.4, -0.2) is 19.5 Å². The monoisotopic (exact) mass is 790 g/mol. The zero-order valence-corrected chi connectivity index (χ0v) is 31.6. The van der Waals surface area contributed by atoms with Crippen molar-refractivity contribution in [3.05, 3.63) is 180 Å². The molecule has 0 aliphatic rings. The minimum absolute atomic E-state index is 0.137. The highest BCUT2D eigenvalue weighted by atomic mass is 19.4. The van der Waals surface area contributed by atoms with Crippen LogP contribution >= 0.6 is 0 Å². The minimum atomic E-state index is -5.03. The van der Waals surface area contributed by atoms with Crippen LogP contribution in [0.2, 0.25) is 0 Å². The first kappa shape index (κ1) is 37.5. The van der Waals surface area contributed by atoms with Crippen LogP contribution in [0.5, 0.6) is 0 Å². The number of halogens is 6. The number of benzene rings is 7. The van der Waals surface area contributed by atoms with E-state index in [2.05, 4.69) is 24.3 Å². The normalized spacial score (nSPS) is 12.1. The fraction of sp³-hybridized carbons (Fsp3) is 0.0816. The number of nitrogens with zero attached hydrogens (tertiary/aromatic N) is 4. The van der Waals surface area contributed by atoms with Gasteiger partial charge in [0.15, 0.2) is 17.5 Å². The maximum absolute atomic E-state index is 14.2. The van der Waals surface area contributed by atoms with Crippen LogP contribution in [0, 0.1) is 13.8 Å². The van der Waals surface area contributed by atoms with E-state index in [9.17, 15) is 26.3 Å². The molecular weight excluding hydrogens is 759 g/mol. The van der Waals surface area contributed by atoms with Crippen LogP contribution in [0.4, 0.5) is 26.3 Å². The van der Waals surface area contributed by atoms with E-state index in [1.165, 1.54) is 6.07 Å². The molecule has 0 saturated carbocycles. The third-order valence-electron chi connectivity index (χ3n) is 10.5. The summed E-state index contributed by atoms with van der Waals surface area (Å²) in [5.41, 5.74) is 5.14. The summed E-state index contributed by atoms with van der Waals surface area (Å²) < 4.78 is 87.1. The van der Waals surface area contributed by atoms with E-state index in [0.29, 0.717) is 22.9 Å². The van der Waals surface area contributed by atoms with Gasteiger partial charge in [-0.15, -0.1) is 0 Å². The molecular formula is C49H32F6N4. The second kappa shape index (κ2) is 14.4. The van der Waals surface area contributed by atoms with E-state index in [0.717, 1.165) is 67.3 Å². The van der Waals surface area contributed by atoms with Gasteiger partial charge in [0.1, 0.15) is 0 Å². The van der Waals surface area contributed by atoms with E-state index in [4.69, 9.17) is 15.0 Å². The molecule has 0 aliphatic carbocycles. The van der Waals surface area contributed by atoms with Gasteiger partial charge in [0, 0.05) is 27.5 Å². The molecule has 290 valence electrons. The van der Waals surface area contributed by atoms with Gasteiger partial charge in [0.2, 0.25) is 0 Å². The topological polar surface area (TPSA) is 43.6 Å². The summed E-state index contributed by atoms with van der Waals surface area (Å²) in [5, 5.41) is 1.80. The second-order valence-corrected chi connectivity index (χ2v) is 14.5. The van der Waals surface area contributed by atoms with Crippen molar-refractivity contribution in [3.63, 3.8) is 0 Å². The lowest BCUT2D eigenvalue weighted by atomic mass is 9.96. The van der Waals surface area contributed by atoms with Crippen molar-refractivity contribution in [2.45, 2.75) is 26.2 Å². The first-order valence-corrected chi connectivity index (χ1v) is 18.7. The molecule has 0 N–H and O–H groups in total. The Kier molecular flexibility index (Phi) is 9.15. The van der Waals surface area contributed by atoms with Crippen LogP contribution in [0.25, 0.3) is 83.9 Å². The van der Waals surface area contributed by atoms with Crippen molar-refractivity contribution in [2.75, 3.05) is 0 Å². The van der Waals surface area contributed by atoms with E-state index in [-0.39, 0.29) is 23.0 Å². The molecule has 0 aliphatic heterocycles. The van der Waals surface area contributed by atoms with Gasteiger partial charge in [-0.2, -0.15) is 26.3 Å². The first-order valence-electron chi connectivity index (χ1n) is 18.7. The zero-order valence-electron chi connectivity index (χ0n) is 31.6. The zero-order chi connectivity index (χ0) is 41.1. The quantitative estimate of drug-likeness (QED) is 0.158. The van der Waals surface area contributed by atoms with E-state index < -0.39 is 23.5 Å². The molecule has 0 bridgehead atoms. The maximum atomic E-state index is 14.2. The van der Waals surface area contributed by atoms with Gasteiger partial charge in [-0.3, -0.25) is 0 Å². The fourth-order valence-corrected chi connectivity index (χ4v) is 7.67. The smallest absolute Gasteiger partial charge is 0.308 e. The van der Waals surface area contributed by atoms with E-state index in [1.54, 1.807) is 12.1 Å². The number of alkyl halides is 6. The number of aryl methyl sites for hydroxylation is 2. The number of aromatic nitrogens is 4. The van der Waals surface area contributed by atoms with Gasteiger partial charge in [-0.05, 0) is 84.1 Å². The molecule has 2 aromatic heterocycles. The number of rotatable bonds is 6. The summed E-state index contributed by atoms with van der Waals surface area (Å²) in [5.74, 6) is 1.03. The predicted molar refractivity (Wildman–Crippen MR) is 221 cm³/mol. The van der Waals surface area contributed by atoms with Crippen LogP contribution in [-0.2, 0) is 12.4 Å². The first-order chi connectivity index (χ1) is 28.3. The van der Waals surface area contributed by atoms with Crippen LogP contribution in [0.15, 0.2) is 158 Å². The predicted octanol–water partition coefficient (Wildman–Crippen LogP) is 14.0. The Bertz CT molecular complexity index is 2950. The van der Waals surface area contributed by atoms with Gasteiger partial charge in [-0.25, -0.2) is 15.0 Å². The Balaban J connectivity index is 1.38. The Labute approximate surface area is 335 Å². The summed E-state index contributed by atoms with van der Waals surface area (Å²) >= 11 is 0. The average molecular weight is 791 g/mol. The molecule has 4 nitrogen and oxygen atoms in total. The third-order valence-corrected chi connectivity index (χ3v) is 10.5. The highest BCUT2D eigenvalue weighted by Gasteiger charge is 2.37. The summed E-state index contributed by atoms with van der Waals surface area (Å²) in [6.45, 7) is 4.07. The van der Waals surface area contributed by atoms with Crippen molar-refractivity contribution in [1.82, 2.24) is 19.5 Å². The van der Waals surface area contributed by atoms with Crippen molar-refractivity contribution in [1.29, 1.82) is 0 Å². The molecule has 0 spiro atoms. The Morgan fingerprint density at radius 1 is 0.407 bits per heavy atom. The lowest BCUT2D eigenvalue weighted by Gasteiger charge is -2.18. The van der Waals surface area contributed by atoms with Gasteiger partial charge < -0.3 is 4.57 Å². The van der Waals surface area contributed by atoms with E-state index in [1.807, 2.05) is 115 Å². The SMILES string of the molecule is Cc1ccc(-c2ccc3c4ccccc4n(-c4cc(-c5cc(C(F)(F)F)cc(C(F)(F)F)c5)ccc4-c4nc(-c5ccccc5)nc(-c5ccccc5)n4)c3c2)c(C)c1. The van der Waals surface area contributed by atoms with E-state index >= 15 is 0 Å². The number of fused-ring (bicyclic) bond motifs is 3. The van der Waals surface area contributed by atoms with Crippen molar-refractivity contribution in [3.8, 4) is 62.1 Å². The van der Waals surface area contributed by atoms with Crippen molar-refractivity contribution < 1.29 is 26.3 Å². The van der Waals surface area contributed by atoms with Gasteiger partial charge >= 0.3 is 12.4 Å². The lowest BCUT2D eigenvalue weighted by molar-refractivity contribution is -0.143. The summed E-state index contributed by atoms with van der Waals surface area (Å²) in [6, 6.07) is 45.3. The second-order valence-electron chi connectivity index (χ2n) is 14.5. The molecule has 9 rings (SSSR count). The van der Waals surface area contributed by atoms with Crippen LogP contribution < -0.4 is 0 Å². The number of hydrogen-bond donors (Lipinski definition) is 0. The minimum Gasteiger partial charge on any atom is -0.308 e. The maximum Gasteiger partial charge on any atom is 0.416 e. The molecule has 10 heteroatoms. The number of hydrogen-bond acceptors (Lipinski definition) is 3. The molecule has 0 fully saturated rings. The van der Waals surface area contributed by atoms with Crippen molar-refractivity contribution in [2.24, 2.45) is 0 Å². The van der Waals surface area contributed by atoms with Crippen LogP contribution in [0.3, 0.4) is 0 Å². The highest BCUT2D eigenvalue weighted by Crippen LogP contribution is 2.43. The molecule has 9 aromatic rings. The Hall–Kier alpha value is -7.07. The summed E-state index contributed by atoms with van der Waals surface area (Å²) in [4.78, 5) is 14.8. The lowest BCUT2D eigenvalue weighted by Crippen LogP contribution is -2.11. The van der Waals surface area contributed by atoms with Crippen LogP contribution in [0.1, 0.15) is 22.3 Å². The summed E-state index contributed by atoms with van der Waals surface area (Å²) in [6.07, 6.45) is -10.1. The molecule has 0 atom stereocenters. The molecule has 0 saturated heterocycles. The largest absolute Gasteiger partial charge is 0.416 e. The van der Waals surface area contributed by atoms with Crippen molar-refractivity contribution >= 4 is 21.8 Å². The average Bonchev–Trinajstić information content (AvgIpc) is 3.56. The summed E-state index contributed by atoms with van der Waals surface area (Å²) in [7, 11) is 0. The fourth-order valence-electron chi connectivity index (χ4n) is 7.67. The Morgan fingerprint density at radius 3 is 1.56 bits per heavy atom.